The molecule has 1 unspecified atom stereocenters. The molecule has 0 saturated carbocycles. The SMILES string of the molecule is CCNC(=NCCOCCS(C)(=O)=O)NC(C)c1ccc2c(c1)CCCC2.I. The molecular formula is C20H34IN3O3S. The lowest BCUT2D eigenvalue weighted by molar-refractivity contribution is 0.157. The summed E-state index contributed by atoms with van der Waals surface area (Å²) >= 11 is 0. The van der Waals surface area contributed by atoms with Crippen LogP contribution < -0.4 is 10.6 Å². The standard InChI is InChI=1S/C20H33N3O3S.HI/c1-4-21-20(22-11-12-26-13-14-27(3,24)25)23-16(2)18-10-9-17-7-5-6-8-19(17)15-18;/h9-10,15-16H,4-8,11-14H2,1-3H3,(H2,21,22,23);1H. The van der Waals surface area contributed by atoms with Gasteiger partial charge in [-0.25, -0.2) is 8.42 Å². The van der Waals surface area contributed by atoms with E-state index in [4.69, 9.17) is 4.74 Å². The van der Waals surface area contributed by atoms with E-state index in [1.165, 1.54) is 48.6 Å². The molecule has 8 heteroatoms. The van der Waals surface area contributed by atoms with E-state index in [1.807, 2.05) is 6.92 Å². The molecule has 6 nitrogen and oxygen atoms in total. The summed E-state index contributed by atoms with van der Waals surface area (Å²) in [4.78, 5) is 4.52. The van der Waals surface area contributed by atoms with E-state index in [9.17, 15) is 8.42 Å². The molecule has 1 aliphatic carbocycles. The van der Waals surface area contributed by atoms with Gasteiger partial charge in [0.05, 0.1) is 31.6 Å². The number of aliphatic imine (C=N–C) groups is 1. The fourth-order valence-corrected chi connectivity index (χ4v) is 3.59. The normalized spacial score (nSPS) is 15.3. The quantitative estimate of drug-likeness (QED) is 0.225. The van der Waals surface area contributed by atoms with Crippen LogP contribution in [0.4, 0.5) is 0 Å². The van der Waals surface area contributed by atoms with E-state index in [0.717, 1.165) is 12.5 Å². The van der Waals surface area contributed by atoms with Gasteiger partial charge in [-0.2, -0.15) is 0 Å². The minimum absolute atomic E-state index is 0. The summed E-state index contributed by atoms with van der Waals surface area (Å²) < 4.78 is 27.5. The van der Waals surface area contributed by atoms with Crippen molar-refractivity contribution in [2.24, 2.45) is 4.99 Å². The first-order valence-corrected chi connectivity index (χ1v) is 11.9. The monoisotopic (exact) mass is 523 g/mol. The molecule has 0 aliphatic heterocycles. The van der Waals surface area contributed by atoms with Gasteiger partial charge in [-0.15, -0.1) is 24.0 Å². The minimum Gasteiger partial charge on any atom is -0.378 e. The van der Waals surface area contributed by atoms with Crippen molar-refractivity contribution in [2.75, 3.05) is 38.3 Å². The average Bonchev–Trinajstić information content (AvgIpc) is 2.63. The first-order chi connectivity index (χ1) is 12.9. The summed E-state index contributed by atoms with van der Waals surface area (Å²) in [5.74, 6) is 0.791. The van der Waals surface area contributed by atoms with Crippen molar-refractivity contribution in [2.45, 2.75) is 45.6 Å². The second kappa shape index (κ2) is 12.6. The molecule has 1 aromatic carbocycles. The van der Waals surface area contributed by atoms with Gasteiger partial charge in [-0.1, -0.05) is 18.2 Å². The van der Waals surface area contributed by atoms with Crippen LogP contribution in [0.2, 0.25) is 0 Å². The molecule has 28 heavy (non-hydrogen) atoms. The van der Waals surface area contributed by atoms with Crippen LogP contribution in [0.15, 0.2) is 23.2 Å². The number of hydrogen-bond donors (Lipinski definition) is 2. The summed E-state index contributed by atoms with van der Waals surface area (Å²) in [7, 11) is -2.98. The maximum atomic E-state index is 11.1. The zero-order valence-electron chi connectivity index (χ0n) is 17.2. The number of hydrogen-bond acceptors (Lipinski definition) is 4. The Labute approximate surface area is 186 Å². The van der Waals surface area contributed by atoms with Crippen LogP contribution in [0.25, 0.3) is 0 Å². The smallest absolute Gasteiger partial charge is 0.191 e. The van der Waals surface area contributed by atoms with Crippen LogP contribution in [-0.2, 0) is 27.4 Å². The third-order valence-corrected chi connectivity index (χ3v) is 5.58. The summed E-state index contributed by atoms with van der Waals surface area (Å²) in [6.07, 6.45) is 6.16. The summed E-state index contributed by atoms with van der Waals surface area (Å²) in [5.41, 5.74) is 4.24. The molecule has 0 fully saturated rings. The maximum Gasteiger partial charge on any atom is 0.191 e. The Morgan fingerprint density at radius 2 is 1.93 bits per heavy atom. The molecule has 0 saturated heterocycles. The minimum atomic E-state index is -2.98. The number of fused-ring (bicyclic) bond motifs is 1. The molecule has 0 bridgehead atoms. The Bertz CT molecular complexity index is 738. The number of nitrogens with one attached hydrogen (secondary N) is 2. The highest BCUT2D eigenvalue weighted by Crippen LogP contribution is 2.24. The fourth-order valence-electron chi connectivity index (χ4n) is 3.17. The van der Waals surface area contributed by atoms with Gasteiger partial charge < -0.3 is 15.4 Å². The van der Waals surface area contributed by atoms with Gasteiger partial charge in [0, 0.05) is 12.8 Å². The van der Waals surface area contributed by atoms with E-state index in [0.29, 0.717) is 13.2 Å². The third kappa shape index (κ3) is 9.09. The summed E-state index contributed by atoms with van der Waals surface area (Å²) in [6, 6.07) is 6.95. The highest BCUT2D eigenvalue weighted by molar-refractivity contribution is 14.0. The first kappa shape index (κ1) is 25.2. The van der Waals surface area contributed by atoms with E-state index >= 15 is 0 Å². The van der Waals surface area contributed by atoms with Crippen molar-refractivity contribution in [1.29, 1.82) is 0 Å². The van der Waals surface area contributed by atoms with E-state index in [1.54, 1.807) is 0 Å². The molecule has 2 N–H and O–H groups in total. The molecule has 1 atom stereocenters. The molecule has 0 heterocycles. The predicted molar refractivity (Wildman–Crippen MR) is 127 cm³/mol. The number of halogens is 1. The van der Waals surface area contributed by atoms with Gasteiger partial charge in [-0.3, -0.25) is 4.99 Å². The van der Waals surface area contributed by atoms with Crippen LogP contribution >= 0.6 is 24.0 Å². The number of sulfone groups is 1. The van der Waals surface area contributed by atoms with E-state index in [-0.39, 0.29) is 42.4 Å². The molecule has 0 amide bonds. The van der Waals surface area contributed by atoms with Crippen LogP contribution in [0.3, 0.4) is 0 Å². The lowest BCUT2D eigenvalue weighted by Gasteiger charge is -2.21. The zero-order chi connectivity index (χ0) is 19.7. The number of guanidine groups is 1. The largest absolute Gasteiger partial charge is 0.378 e. The molecule has 0 spiro atoms. The van der Waals surface area contributed by atoms with Crippen LogP contribution in [0.1, 0.15) is 49.4 Å². The molecule has 160 valence electrons. The van der Waals surface area contributed by atoms with Crippen molar-refractivity contribution < 1.29 is 13.2 Å². The molecular weight excluding hydrogens is 489 g/mol. The lowest BCUT2D eigenvalue weighted by atomic mass is 9.89. The Morgan fingerprint density at radius 3 is 2.61 bits per heavy atom. The van der Waals surface area contributed by atoms with Crippen molar-refractivity contribution in [3.63, 3.8) is 0 Å². The molecule has 2 rings (SSSR count). The van der Waals surface area contributed by atoms with E-state index in [2.05, 4.69) is 40.7 Å². The molecule has 0 radical (unpaired) electrons. The van der Waals surface area contributed by atoms with Gasteiger partial charge in [0.15, 0.2) is 5.96 Å². The highest BCUT2D eigenvalue weighted by atomic mass is 127. The van der Waals surface area contributed by atoms with Crippen LogP contribution in [0, 0.1) is 0 Å². The van der Waals surface area contributed by atoms with Gasteiger partial charge in [-0.05, 0) is 56.2 Å². The Balaban J connectivity index is 0.00000392. The average molecular weight is 523 g/mol. The van der Waals surface area contributed by atoms with E-state index < -0.39 is 9.84 Å². The van der Waals surface area contributed by atoms with Gasteiger partial charge in [0.2, 0.25) is 0 Å². The fraction of sp³-hybridized carbons (Fsp3) is 0.650. The summed E-state index contributed by atoms with van der Waals surface area (Å²) in [6.45, 7) is 6.04. The number of ether oxygens (including phenoxy) is 1. The zero-order valence-corrected chi connectivity index (χ0v) is 20.3. The number of benzene rings is 1. The topological polar surface area (TPSA) is 79.8 Å². The Hall–Kier alpha value is -0.870. The highest BCUT2D eigenvalue weighted by Gasteiger charge is 2.13. The second-order valence-corrected chi connectivity index (χ2v) is 9.36. The number of aryl methyl sites for hydroxylation is 2. The first-order valence-electron chi connectivity index (χ1n) is 9.81. The number of rotatable bonds is 9. The lowest BCUT2D eigenvalue weighted by Crippen LogP contribution is -2.39. The molecule has 0 aromatic heterocycles. The van der Waals surface area contributed by atoms with Crippen LogP contribution in [-0.4, -0.2) is 52.7 Å². The predicted octanol–water partition coefficient (Wildman–Crippen LogP) is 2.86. The summed E-state index contributed by atoms with van der Waals surface area (Å²) in [5, 5.41) is 6.69. The maximum absolute atomic E-state index is 11.1. The van der Waals surface area contributed by atoms with Crippen molar-refractivity contribution in [1.82, 2.24) is 10.6 Å². The van der Waals surface area contributed by atoms with Crippen molar-refractivity contribution >= 4 is 39.8 Å². The Morgan fingerprint density at radius 1 is 1.21 bits per heavy atom. The second-order valence-electron chi connectivity index (χ2n) is 7.10. The van der Waals surface area contributed by atoms with Gasteiger partial charge in [0.1, 0.15) is 9.84 Å². The molecule has 1 aliphatic rings. The third-order valence-electron chi connectivity index (χ3n) is 4.67. The van der Waals surface area contributed by atoms with Crippen LogP contribution in [0.5, 0.6) is 0 Å². The van der Waals surface area contributed by atoms with Crippen molar-refractivity contribution in [3.05, 3.63) is 34.9 Å². The number of nitrogens with zero attached hydrogens (tertiary/aromatic N) is 1. The van der Waals surface area contributed by atoms with Gasteiger partial charge in [0.25, 0.3) is 0 Å². The molecule has 1 aromatic rings. The van der Waals surface area contributed by atoms with Gasteiger partial charge >= 0.3 is 0 Å². The van der Waals surface area contributed by atoms with Crippen molar-refractivity contribution in [3.8, 4) is 0 Å². The Kier molecular flexibility index (Phi) is 11.4.